The number of nitrogens with zero attached hydrogens (tertiary/aromatic N) is 1. The third-order valence-corrected chi connectivity index (χ3v) is 3.67. The molecule has 2 N–H and O–H groups in total. The molecule has 1 aromatic carbocycles. The van der Waals surface area contributed by atoms with Crippen molar-refractivity contribution in [3.8, 4) is 5.75 Å². The van der Waals surface area contributed by atoms with Gasteiger partial charge in [-0.15, -0.1) is 0 Å². The Balaban J connectivity index is 2.22. The highest BCUT2D eigenvalue weighted by molar-refractivity contribution is 5.96. The second kappa shape index (κ2) is 7.59. The predicted octanol–water partition coefficient (Wildman–Crippen LogP) is 2.92. The van der Waals surface area contributed by atoms with E-state index in [1.165, 1.54) is 18.3 Å². The molecule has 0 aliphatic heterocycles. The zero-order valence-electron chi connectivity index (χ0n) is 13.8. The summed E-state index contributed by atoms with van der Waals surface area (Å²) < 4.78 is 5.14. The Morgan fingerprint density at radius 2 is 1.83 bits per heavy atom. The number of aromatic carboxylic acids is 1. The standard InChI is InChI=1S/C18H20N2O4/c1-11(2)16(12-4-6-14(24-3)7-5-12)20-17(21)15-10-13(18(22)23)8-9-19-15/h4-11,16H,1-3H3,(H,20,21)(H,22,23). The average Bonchev–Trinajstić information content (AvgIpc) is 2.59. The lowest BCUT2D eigenvalue weighted by atomic mass is 9.95. The van der Waals surface area contributed by atoms with E-state index in [-0.39, 0.29) is 23.2 Å². The zero-order valence-corrected chi connectivity index (χ0v) is 13.8. The van der Waals surface area contributed by atoms with Crippen molar-refractivity contribution >= 4 is 11.9 Å². The van der Waals surface area contributed by atoms with E-state index in [2.05, 4.69) is 10.3 Å². The highest BCUT2D eigenvalue weighted by Gasteiger charge is 2.20. The molecule has 2 aromatic rings. The van der Waals surface area contributed by atoms with Crippen LogP contribution < -0.4 is 10.1 Å². The van der Waals surface area contributed by atoms with Crippen molar-refractivity contribution in [3.63, 3.8) is 0 Å². The first-order chi connectivity index (χ1) is 11.4. The summed E-state index contributed by atoms with van der Waals surface area (Å²) in [5.41, 5.74) is 1.04. The zero-order chi connectivity index (χ0) is 17.7. The molecule has 0 bridgehead atoms. The Morgan fingerprint density at radius 3 is 2.38 bits per heavy atom. The minimum atomic E-state index is -1.10. The summed E-state index contributed by atoms with van der Waals surface area (Å²) in [5.74, 6) is -0.622. The number of amides is 1. The van der Waals surface area contributed by atoms with Gasteiger partial charge in [0.2, 0.25) is 0 Å². The Labute approximate surface area is 140 Å². The summed E-state index contributed by atoms with van der Waals surface area (Å²) in [5, 5.41) is 11.9. The van der Waals surface area contributed by atoms with Crippen molar-refractivity contribution in [1.29, 1.82) is 0 Å². The number of hydrogen-bond donors (Lipinski definition) is 2. The number of carboxylic acid groups (broad SMARTS) is 1. The van der Waals surface area contributed by atoms with E-state index in [1.54, 1.807) is 7.11 Å². The van der Waals surface area contributed by atoms with Crippen LogP contribution in [0.25, 0.3) is 0 Å². The van der Waals surface area contributed by atoms with E-state index in [9.17, 15) is 9.59 Å². The van der Waals surface area contributed by atoms with Crippen LogP contribution in [-0.2, 0) is 0 Å². The van der Waals surface area contributed by atoms with Crippen molar-refractivity contribution in [1.82, 2.24) is 10.3 Å². The molecule has 0 fully saturated rings. The number of carbonyl (C=O) groups is 2. The van der Waals surface area contributed by atoms with Crippen LogP contribution in [0, 0.1) is 5.92 Å². The van der Waals surface area contributed by atoms with Gasteiger partial charge in [-0.3, -0.25) is 9.78 Å². The topological polar surface area (TPSA) is 88.5 Å². The number of nitrogens with one attached hydrogen (secondary N) is 1. The van der Waals surface area contributed by atoms with E-state index >= 15 is 0 Å². The number of hydrogen-bond acceptors (Lipinski definition) is 4. The van der Waals surface area contributed by atoms with Gasteiger partial charge in [-0.25, -0.2) is 4.79 Å². The van der Waals surface area contributed by atoms with Crippen LogP contribution in [0.5, 0.6) is 5.75 Å². The lowest BCUT2D eigenvalue weighted by molar-refractivity contribution is 0.0696. The molecule has 1 unspecified atom stereocenters. The van der Waals surface area contributed by atoms with Crippen LogP contribution >= 0.6 is 0 Å². The molecule has 1 heterocycles. The number of benzene rings is 1. The third-order valence-electron chi connectivity index (χ3n) is 3.67. The number of methoxy groups -OCH3 is 1. The fraction of sp³-hybridized carbons (Fsp3) is 0.278. The summed E-state index contributed by atoms with van der Waals surface area (Å²) in [6, 6.07) is 9.85. The van der Waals surface area contributed by atoms with Crippen LogP contribution in [0.1, 0.15) is 46.3 Å². The Kier molecular flexibility index (Phi) is 5.52. The molecule has 0 aliphatic rings. The Hall–Kier alpha value is -2.89. The molecule has 126 valence electrons. The van der Waals surface area contributed by atoms with Gasteiger partial charge in [0.25, 0.3) is 5.91 Å². The van der Waals surface area contributed by atoms with Crippen LogP contribution in [0.15, 0.2) is 42.6 Å². The van der Waals surface area contributed by atoms with E-state index in [0.717, 1.165) is 11.3 Å². The van der Waals surface area contributed by atoms with Crippen LogP contribution in [0.3, 0.4) is 0 Å². The maximum Gasteiger partial charge on any atom is 0.335 e. The SMILES string of the molecule is COc1ccc(C(NC(=O)c2cc(C(=O)O)ccn2)C(C)C)cc1. The minimum Gasteiger partial charge on any atom is -0.497 e. The Morgan fingerprint density at radius 1 is 1.17 bits per heavy atom. The molecule has 1 amide bonds. The molecule has 0 radical (unpaired) electrons. The first-order valence-corrected chi connectivity index (χ1v) is 7.56. The molecule has 6 heteroatoms. The first kappa shape index (κ1) is 17.5. The number of ether oxygens (including phenoxy) is 1. The number of pyridine rings is 1. The van der Waals surface area contributed by atoms with E-state index in [0.29, 0.717) is 0 Å². The third kappa shape index (κ3) is 4.10. The van der Waals surface area contributed by atoms with Crippen molar-refractivity contribution < 1.29 is 19.4 Å². The molecule has 0 aliphatic carbocycles. The fourth-order valence-electron chi connectivity index (χ4n) is 2.35. The van der Waals surface area contributed by atoms with Gasteiger partial charge in [-0.2, -0.15) is 0 Å². The molecule has 0 spiro atoms. The summed E-state index contributed by atoms with van der Waals surface area (Å²) >= 11 is 0. The minimum absolute atomic E-state index is 0.0284. The molecular weight excluding hydrogens is 308 g/mol. The molecular formula is C18H20N2O4. The van der Waals surface area contributed by atoms with Crippen molar-refractivity contribution in [2.75, 3.05) is 7.11 Å². The van der Waals surface area contributed by atoms with Gasteiger partial charge >= 0.3 is 5.97 Å². The second-order valence-electron chi connectivity index (χ2n) is 5.70. The van der Waals surface area contributed by atoms with Gasteiger partial charge in [0.1, 0.15) is 11.4 Å². The number of aromatic nitrogens is 1. The maximum atomic E-state index is 12.4. The van der Waals surface area contributed by atoms with Crippen molar-refractivity contribution in [2.24, 2.45) is 5.92 Å². The quantitative estimate of drug-likeness (QED) is 0.851. The van der Waals surface area contributed by atoms with E-state index in [1.807, 2.05) is 38.1 Å². The molecule has 0 saturated carbocycles. The van der Waals surface area contributed by atoms with Crippen molar-refractivity contribution in [3.05, 3.63) is 59.4 Å². The predicted molar refractivity (Wildman–Crippen MR) is 89.2 cm³/mol. The largest absolute Gasteiger partial charge is 0.497 e. The first-order valence-electron chi connectivity index (χ1n) is 7.56. The van der Waals surface area contributed by atoms with Crippen LogP contribution in [0.4, 0.5) is 0 Å². The smallest absolute Gasteiger partial charge is 0.335 e. The molecule has 0 saturated heterocycles. The van der Waals surface area contributed by atoms with Gasteiger partial charge in [0, 0.05) is 6.20 Å². The van der Waals surface area contributed by atoms with Gasteiger partial charge in [0.05, 0.1) is 18.7 Å². The molecule has 24 heavy (non-hydrogen) atoms. The highest BCUT2D eigenvalue weighted by Crippen LogP contribution is 2.24. The number of carboxylic acids is 1. The van der Waals surface area contributed by atoms with Gasteiger partial charge in [-0.05, 0) is 35.7 Å². The molecule has 6 nitrogen and oxygen atoms in total. The van der Waals surface area contributed by atoms with Crippen molar-refractivity contribution in [2.45, 2.75) is 19.9 Å². The van der Waals surface area contributed by atoms with Gasteiger partial charge in [0.15, 0.2) is 0 Å². The van der Waals surface area contributed by atoms with E-state index in [4.69, 9.17) is 9.84 Å². The summed E-state index contributed by atoms with van der Waals surface area (Å²) in [6.07, 6.45) is 1.32. The van der Waals surface area contributed by atoms with Crippen LogP contribution in [-0.4, -0.2) is 29.1 Å². The summed E-state index contributed by atoms with van der Waals surface area (Å²) in [7, 11) is 1.60. The van der Waals surface area contributed by atoms with Gasteiger partial charge < -0.3 is 15.2 Å². The number of carbonyl (C=O) groups excluding carboxylic acids is 1. The summed E-state index contributed by atoms with van der Waals surface area (Å²) in [4.78, 5) is 27.4. The molecule has 2 rings (SSSR count). The van der Waals surface area contributed by atoms with Crippen LogP contribution in [0.2, 0.25) is 0 Å². The Bertz CT molecular complexity index is 726. The monoisotopic (exact) mass is 328 g/mol. The molecule has 1 aromatic heterocycles. The second-order valence-corrected chi connectivity index (χ2v) is 5.70. The van der Waals surface area contributed by atoms with Gasteiger partial charge in [-0.1, -0.05) is 26.0 Å². The normalized spacial score (nSPS) is 11.8. The lowest BCUT2D eigenvalue weighted by Crippen LogP contribution is -2.32. The summed E-state index contributed by atoms with van der Waals surface area (Å²) in [6.45, 7) is 3.99. The number of rotatable bonds is 6. The average molecular weight is 328 g/mol. The maximum absolute atomic E-state index is 12.4. The van der Waals surface area contributed by atoms with E-state index < -0.39 is 11.9 Å². The lowest BCUT2D eigenvalue weighted by Gasteiger charge is -2.23. The fourth-order valence-corrected chi connectivity index (χ4v) is 2.35. The molecule has 1 atom stereocenters. The highest BCUT2D eigenvalue weighted by atomic mass is 16.5.